The molecule has 1 aliphatic rings. The van der Waals surface area contributed by atoms with Gasteiger partial charge in [-0.2, -0.15) is 0 Å². The maximum atomic E-state index is 11.3. The van der Waals surface area contributed by atoms with Crippen molar-refractivity contribution in [2.45, 2.75) is 19.8 Å². The van der Waals surface area contributed by atoms with Gasteiger partial charge in [-0.3, -0.25) is 9.78 Å². The van der Waals surface area contributed by atoms with Gasteiger partial charge < -0.3 is 5.73 Å². The van der Waals surface area contributed by atoms with Gasteiger partial charge in [0.05, 0.1) is 5.69 Å². The molecule has 1 heterocycles. The molecule has 2 N–H and O–H groups in total. The van der Waals surface area contributed by atoms with E-state index in [0.717, 1.165) is 23.4 Å². The Balaban J connectivity index is 2.65. The Morgan fingerprint density at radius 1 is 1.50 bits per heavy atom. The average Bonchev–Trinajstić information content (AvgIpc) is 2.19. The highest BCUT2D eigenvalue weighted by Crippen LogP contribution is 2.17. The van der Waals surface area contributed by atoms with E-state index in [2.05, 4.69) is 16.8 Å². The Kier molecular flexibility index (Phi) is 2.74. The Hall–Kier alpha value is -2.08. The topological polar surface area (TPSA) is 56.0 Å². The van der Waals surface area contributed by atoms with Crippen LogP contribution in [0.4, 0.5) is 0 Å². The van der Waals surface area contributed by atoms with E-state index < -0.39 is 5.91 Å². The van der Waals surface area contributed by atoms with Gasteiger partial charge in [-0.05, 0) is 19.1 Å². The van der Waals surface area contributed by atoms with E-state index in [-0.39, 0.29) is 0 Å². The van der Waals surface area contributed by atoms with Crippen LogP contribution in [0.25, 0.3) is 6.08 Å². The van der Waals surface area contributed by atoms with Gasteiger partial charge in [0.2, 0.25) is 5.91 Å². The molecule has 0 unspecified atom stereocenters. The van der Waals surface area contributed by atoms with E-state index in [4.69, 9.17) is 5.73 Å². The molecule has 0 spiro atoms. The molecule has 1 aromatic rings. The number of primary amides is 1. The summed E-state index contributed by atoms with van der Waals surface area (Å²) in [5.74, 6) is 5.58. The molecular weight excluding hydrogens is 200 g/mol. The third kappa shape index (κ3) is 1.96. The number of aryl methyl sites for hydroxylation is 1. The number of aromatic nitrogens is 1. The highest BCUT2D eigenvalue weighted by molar-refractivity contribution is 5.95. The zero-order valence-electron chi connectivity index (χ0n) is 9.08. The van der Waals surface area contributed by atoms with E-state index in [1.54, 1.807) is 6.07 Å². The van der Waals surface area contributed by atoms with Crippen LogP contribution >= 0.6 is 0 Å². The summed E-state index contributed by atoms with van der Waals surface area (Å²) in [6.07, 6.45) is 5.11. The third-order valence-electron chi connectivity index (χ3n) is 2.44. The molecule has 1 amide bonds. The second kappa shape index (κ2) is 4.19. The Labute approximate surface area is 94.4 Å². The van der Waals surface area contributed by atoms with Crippen molar-refractivity contribution >= 4 is 12.0 Å². The van der Waals surface area contributed by atoms with Gasteiger partial charge in [0, 0.05) is 29.7 Å². The summed E-state index contributed by atoms with van der Waals surface area (Å²) in [4.78, 5) is 15.7. The fraction of sp³-hybridized carbons (Fsp3) is 0.231. The SMILES string of the molecule is Cc1cc(C(N)=O)c2c(n1)/C=C\CC#CC2. The molecule has 3 heteroatoms. The first-order valence-corrected chi connectivity index (χ1v) is 5.11. The fourth-order valence-electron chi connectivity index (χ4n) is 1.72. The number of amides is 1. The lowest BCUT2D eigenvalue weighted by atomic mass is 10.00. The number of hydrogen-bond donors (Lipinski definition) is 1. The number of pyridine rings is 1. The van der Waals surface area contributed by atoms with Crippen molar-refractivity contribution in [1.29, 1.82) is 0 Å². The second-order valence-electron chi connectivity index (χ2n) is 3.68. The van der Waals surface area contributed by atoms with Crippen LogP contribution in [0.2, 0.25) is 0 Å². The molecule has 80 valence electrons. The van der Waals surface area contributed by atoms with Crippen molar-refractivity contribution in [2.24, 2.45) is 5.73 Å². The van der Waals surface area contributed by atoms with Crippen molar-refractivity contribution in [3.63, 3.8) is 0 Å². The smallest absolute Gasteiger partial charge is 0.249 e. The molecule has 3 nitrogen and oxygen atoms in total. The minimum Gasteiger partial charge on any atom is -0.366 e. The van der Waals surface area contributed by atoms with Crippen LogP contribution in [-0.4, -0.2) is 10.9 Å². The molecule has 16 heavy (non-hydrogen) atoms. The molecule has 0 atom stereocenters. The predicted molar refractivity (Wildman–Crippen MR) is 62.6 cm³/mol. The summed E-state index contributed by atoms with van der Waals surface area (Å²) in [6, 6.07) is 1.72. The molecule has 0 aliphatic heterocycles. The molecule has 1 aromatic heterocycles. The lowest BCUT2D eigenvalue weighted by Crippen LogP contribution is -2.16. The van der Waals surface area contributed by atoms with Crippen LogP contribution in [0.3, 0.4) is 0 Å². The normalized spacial score (nSPS) is 15.1. The van der Waals surface area contributed by atoms with Gasteiger partial charge in [-0.15, -0.1) is 0 Å². The Morgan fingerprint density at radius 2 is 2.31 bits per heavy atom. The highest BCUT2D eigenvalue weighted by atomic mass is 16.1. The zero-order valence-corrected chi connectivity index (χ0v) is 9.08. The van der Waals surface area contributed by atoms with E-state index in [1.165, 1.54) is 0 Å². The predicted octanol–water partition coefficient (Wildman–Crippen LogP) is 1.45. The molecule has 1 aliphatic carbocycles. The number of fused-ring (bicyclic) bond motifs is 1. The number of nitrogens with two attached hydrogens (primary N) is 1. The Morgan fingerprint density at radius 3 is 3.06 bits per heavy atom. The number of carbonyl (C=O) groups is 1. The van der Waals surface area contributed by atoms with Crippen LogP contribution in [0.1, 0.15) is 33.7 Å². The average molecular weight is 212 g/mol. The van der Waals surface area contributed by atoms with E-state index in [9.17, 15) is 4.79 Å². The Bertz CT molecular complexity index is 533. The lowest BCUT2D eigenvalue weighted by Gasteiger charge is -2.09. The zero-order chi connectivity index (χ0) is 11.5. The number of nitrogens with zero attached hydrogens (tertiary/aromatic N) is 1. The molecule has 0 fully saturated rings. The molecule has 0 bridgehead atoms. The molecule has 0 aromatic carbocycles. The molecule has 0 saturated heterocycles. The number of hydrogen-bond acceptors (Lipinski definition) is 2. The van der Waals surface area contributed by atoms with Gasteiger partial charge in [0.15, 0.2) is 0 Å². The van der Waals surface area contributed by atoms with E-state index >= 15 is 0 Å². The summed E-state index contributed by atoms with van der Waals surface area (Å²) in [5.41, 5.74) is 8.33. The summed E-state index contributed by atoms with van der Waals surface area (Å²) in [5, 5.41) is 0. The van der Waals surface area contributed by atoms with Gasteiger partial charge in [-0.25, -0.2) is 0 Å². The summed E-state index contributed by atoms with van der Waals surface area (Å²) in [7, 11) is 0. The van der Waals surface area contributed by atoms with Crippen LogP contribution < -0.4 is 5.73 Å². The highest BCUT2D eigenvalue weighted by Gasteiger charge is 2.13. The standard InChI is InChI=1S/C13H12N2O/c1-9-8-11(13(14)16)10-6-4-2-3-5-7-12(10)15-9/h5,7-8H,3,6H2,1H3,(H2,14,16)/b7-5-. The van der Waals surface area contributed by atoms with Crippen LogP contribution in [0.5, 0.6) is 0 Å². The summed E-state index contributed by atoms with van der Waals surface area (Å²) >= 11 is 0. The van der Waals surface area contributed by atoms with E-state index in [1.807, 2.05) is 19.1 Å². The van der Waals surface area contributed by atoms with Crippen molar-refractivity contribution in [3.05, 3.63) is 34.7 Å². The lowest BCUT2D eigenvalue weighted by molar-refractivity contribution is 0.0999. The van der Waals surface area contributed by atoms with Crippen molar-refractivity contribution in [1.82, 2.24) is 4.98 Å². The van der Waals surface area contributed by atoms with E-state index in [0.29, 0.717) is 12.0 Å². The largest absolute Gasteiger partial charge is 0.366 e. The maximum absolute atomic E-state index is 11.3. The molecular formula is C13H12N2O. The fourth-order valence-corrected chi connectivity index (χ4v) is 1.72. The molecule has 0 saturated carbocycles. The van der Waals surface area contributed by atoms with Crippen LogP contribution in [0, 0.1) is 18.8 Å². The minimum atomic E-state index is -0.419. The number of rotatable bonds is 1. The number of allylic oxidation sites excluding steroid dienone is 1. The first kappa shape index (κ1) is 10.4. The second-order valence-corrected chi connectivity index (χ2v) is 3.68. The first-order valence-electron chi connectivity index (χ1n) is 5.11. The first-order chi connectivity index (χ1) is 7.68. The molecule has 0 radical (unpaired) electrons. The molecule has 2 rings (SSSR count). The van der Waals surface area contributed by atoms with Crippen LogP contribution in [0.15, 0.2) is 12.1 Å². The summed E-state index contributed by atoms with van der Waals surface area (Å²) in [6.45, 7) is 1.85. The monoisotopic (exact) mass is 212 g/mol. The minimum absolute atomic E-state index is 0.419. The maximum Gasteiger partial charge on any atom is 0.249 e. The van der Waals surface area contributed by atoms with Gasteiger partial charge in [-0.1, -0.05) is 17.9 Å². The quantitative estimate of drug-likeness (QED) is 0.716. The van der Waals surface area contributed by atoms with Crippen molar-refractivity contribution < 1.29 is 4.79 Å². The van der Waals surface area contributed by atoms with Crippen LogP contribution in [-0.2, 0) is 6.42 Å². The number of carbonyl (C=O) groups excluding carboxylic acids is 1. The van der Waals surface area contributed by atoms with Crippen molar-refractivity contribution in [3.8, 4) is 11.8 Å². The summed E-state index contributed by atoms with van der Waals surface area (Å²) < 4.78 is 0. The van der Waals surface area contributed by atoms with Gasteiger partial charge in [0.1, 0.15) is 0 Å². The third-order valence-corrected chi connectivity index (χ3v) is 2.44. The van der Waals surface area contributed by atoms with Gasteiger partial charge in [0.25, 0.3) is 0 Å². The van der Waals surface area contributed by atoms with Gasteiger partial charge >= 0.3 is 0 Å². The van der Waals surface area contributed by atoms with Crippen molar-refractivity contribution in [2.75, 3.05) is 0 Å².